The maximum atomic E-state index is 12.3. The van der Waals surface area contributed by atoms with Gasteiger partial charge >= 0.3 is 0 Å². The lowest BCUT2D eigenvalue weighted by Gasteiger charge is -2.16. The van der Waals surface area contributed by atoms with E-state index in [1.54, 1.807) is 12.1 Å². The molecule has 0 atom stereocenters. The number of nitro groups is 1. The van der Waals surface area contributed by atoms with Crippen LogP contribution in [0.2, 0.25) is 0 Å². The largest absolute Gasteiger partial charge is 0.366 e. The Morgan fingerprint density at radius 3 is 2.41 bits per heavy atom. The van der Waals surface area contributed by atoms with Crippen molar-refractivity contribution in [1.29, 1.82) is 0 Å². The molecule has 10 heteroatoms. The monoisotopic (exact) mass is 416 g/mol. The van der Waals surface area contributed by atoms with Crippen LogP contribution in [0, 0.1) is 17.0 Å². The summed E-state index contributed by atoms with van der Waals surface area (Å²) in [5.41, 5.74) is 6.53. The minimum Gasteiger partial charge on any atom is -0.366 e. The zero-order valence-electron chi connectivity index (χ0n) is 15.9. The molecule has 0 saturated heterocycles. The Kier molecular flexibility index (Phi) is 7.32. The molecule has 0 bridgehead atoms. The molecule has 152 valence electrons. The van der Waals surface area contributed by atoms with Crippen LogP contribution in [0.1, 0.15) is 15.9 Å². The Bertz CT molecular complexity index is 946. The number of anilines is 1. The summed E-state index contributed by atoms with van der Waals surface area (Å²) < 4.78 is 0. The standard InChI is InChI=1S/C19H20N4O5S/c1-12-3-6-14(7-4-12)21-17(24)10-22(2)18(25)11-29-16-8-5-13(19(20)26)9-15(16)23(27)28/h3-9H,10-11H2,1-2H3,(H2,20,26)(H,21,24). The molecule has 29 heavy (non-hydrogen) atoms. The van der Waals surface area contributed by atoms with Crippen molar-refractivity contribution in [1.82, 2.24) is 4.90 Å². The molecule has 2 aromatic carbocycles. The number of nitro benzene ring substituents is 1. The summed E-state index contributed by atoms with van der Waals surface area (Å²) in [7, 11) is 1.47. The second kappa shape index (κ2) is 9.69. The highest BCUT2D eigenvalue weighted by atomic mass is 32.2. The van der Waals surface area contributed by atoms with E-state index >= 15 is 0 Å². The molecule has 0 aliphatic rings. The molecule has 0 spiro atoms. The van der Waals surface area contributed by atoms with Gasteiger partial charge in [-0.1, -0.05) is 17.7 Å². The first kappa shape index (κ1) is 21.9. The number of hydrogen-bond donors (Lipinski definition) is 2. The predicted octanol–water partition coefficient (Wildman–Crippen LogP) is 2.19. The summed E-state index contributed by atoms with van der Waals surface area (Å²) in [5.74, 6) is -1.61. The van der Waals surface area contributed by atoms with E-state index < -0.39 is 10.8 Å². The Hall–Kier alpha value is -3.40. The maximum absolute atomic E-state index is 12.3. The fraction of sp³-hybridized carbons (Fsp3) is 0.211. The van der Waals surface area contributed by atoms with Gasteiger partial charge in [0.1, 0.15) is 0 Å². The molecule has 0 saturated carbocycles. The molecule has 2 rings (SSSR count). The minimum absolute atomic E-state index is 0.0114. The number of nitrogens with zero attached hydrogens (tertiary/aromatic N) is 2. The quantitative estimate of drug-likeness (QED) is 0.385. The number of carbonyl (C=O) groups excluding carboxylic acids is 3. The van der Waals surface area contributed by atoms with Gasteiger partial charge in [0.15, 0.2) is 0 Å². The van der Waals surface area contributed by atoms with Gasteiger partial charge in [0.05, 0.1) is 22.1 Å². The summed E-state index contributed by atoms with van der Waals surface area (Å²) in [6.07, 6.45) is 0. The Morgan fingerprint density at radius 2 is 1.83 bits per heavy atom. The average molecular weight is 416 g/mol. The number of rotatable bonds is 8. The number of aryl methyl sites for hydroxylation is 1. The van der Waals surface area contributed by atoms with Crippen LogP contribution in [0.15, 0.2) is 47.4 Å². The van der Waals surface area contributed by atoms with Crippen LogP contribution in [-0.2, 0) is 9.59 Å². The summed E-state index contributed by atoms with van der Waals surface area (Å²) in [4.78, 5) is 47.6. The van der Waals surface area contributed by atoms with Gasteiger partial charge < -0.3 is 16.0 Å². The van der Waals surface area contributed by atoms with Crippen LogP contribution in [0.5, 0.6) is 0 Å². The van der Waals surface area contributed by atoms with Crippen molar-refractivity contribution in [2.75, 3.05) is 24.7 Å². The number of carbonyl (C=O) groups is 3. The first-order valence-corrected chi connectivity index (χ1v) is 9.47. The average Bonchev–Trinajstić information content (AvgIpc) is 2.67. The molecular formula is C19H20N4O5S. The van der Waals surface area contributed by atoms with Crippen LogP contribution >= 0.6 is 11.8 Å². The normalized spacial score (nSPS) is 10.3. The third-order valence-corrected chi connectivity index (χ3v) is 4.98. The highest BCUT2D eigenvalue weighted by Crippen LogP contribution is 2.30. The van der Waals surface area contributed by atoms with Crippen molar-refractivity contribution in [2.45, 2.75) is 11.8 Å². The van der Waals surface area contributed by atoms with Crippen LogP contribution < -0.4 is 11.1 Å². The van der Waals surface area contributed by atoms with Crippen molar-refractivity contribution >= 4 is 40.9 Å². The number of thioether (sulfide) groups is 1. The summed E-state index contributed by atoms with van der Waals surface area (Å²) in [6.45, 7) is 1.78. The number of nitrogens with one attached hydrogen (secondary N) is 1. The molecule has 2 aromatic rings. The predicted molar refractivity (Wildman–Crippen MR) is 110 cm³/mol. The van der Waals surface area contributed by atoms with E-state index in [9.17, 15) is 24.5 Å². The number of hydrogen-bond acceptors (Lipinski definition) is 6. The van der Waals surface area contributed by atoms with Gasteiger partial charge in [-0.05, 0) is 31.2 Å². The van der Waals surface area contributed by atoms with Crippen LogP contribution in [0.4, 0.5) is 11.4 Å². The molecule has 0 heterocycles. The lowest BCUT2D eigenvalue weighted by Crippen LogP contribution is -2.35. The Morgan fingerprint density at radius 1 is 1.17 bits per heavy atom. The van der Waals surface area contributed by atoms with E-state index in [-0.39, 0.29) is 40.3 Å². The molecule has 9 nitrogen and oxygen atoms in total. The third-order valence-electron chi connectivity index (χ3n) is 3.93. The second-order valence-electron chi connectivity index (χ2n) is 6.26. The molecule has 3 N–H and O–H groups in total. The van der Waals surface area contributed by atoms with Crippen LogP contribution in [0.25, 0.3) is 0 Å². The van der Waals surface area contributed by atoms with Crippen molar-refractivity contribution in [3.63, 3.8) is 0 Å². The van der Waals surface area contributed by atoms with E-state index in [2.05, 4.69) is 5.32 Å². The number of primary amides is 1. The van der Waals surface area contributed by atoms with E-state index in [0.29, 0.717) is 5.69 Å². The van der Waals surface area contributed by atoms with Gasteiger partial charge in [-0.15, -0.1) is 11.8 Å². The summed E-state index contributed by atoms with van der Waals surface area (Å²) in [6, 6.07) is 11.1. The van der Waals surface area contributed by atoms with E-state index in [0.717, 1.165) is 23.4 Å². The van der Waals surface area contributed by atoms with Gasteiger partial charge in [0.2, 0.25) is 17.7 Å². The fourth-order valence-corrected chi connectivity index (χ4v) is 3.27. The SMILES string of the molecule is Cc1ccc(NC(=O)CN(C)C(=O)CSc2ccc(C(N)=O)cc2[N+](=O)[O-])cc1. The van der Waals surface area contributed by atoms with E-state index in [1.165, 1.54) is 24.1 Å². The fourth-order valence-electron chi connectivity index (χ4n) is 2.33. The molecule has 0 aromatic heterocycles. The molecule has 0 aliphatic carbocycles. The first-order valence-electron chi connectivity index (χ1n) is 8.49. The number of amides is 3. The van der Waals surface area contributed by atoms with E-state index in [1.807, 2.05) is 19.1 Å². The van der Waals surface area contributed by atoms with Gasteiger partial charge in [-0.3, -0.25) is 24.5 Å². The molecule has 0 unspecified atom stereocenters. The van der Waals surface area contributed by atoms with Gasteiger partial charge in [-0.2, -0.15) is 0 Å². The topological polar surface area (TPSA) is 136 Å². The van der Waals surface area contributed by atoms with Crippen LogP contribution in [-0.4, -0.2) is 46.9 Å². The number of likely N-dealkylation sites (N-methyl/N-ethyl adjacent to an activating group) is 1. The van der Waals surface area contributed by atoms with Crippen molar-refractivity contribution in [3.05, 3.63) is 63.7 Å². The van der Waals surface area contributed by atoms with Gasteiger partial charge in [0, 0.05) is 24.4 Å². The van der Waals surface area contributed by atoms with Gasteiger partial charge in [-0.25, -0.2) is 0 Å². The lowest BCUT2D eigenvalue weighted by molar-refractivity contribution is -0.387. The third kappa shape index (κ3) is 6.32. The number of benzene rings is 2. The summed E-state index contributed by atoms with van der Waals surface area (Å²) in [5, 5.41) is 13.9. The second-order valence-corrected chi connectivity index (χ2v) is 7.27. The zero-order chi connectivity index (χ0) is 21.6. The molecule has 3 amide bonds. The summed E-state index contributed by atoms with van der Waals surface area (Å²) >= 11 is 0.948. The zero-order valence-corrected chi connectivity index (χ0v) is 16.7. The lowest BCUT2D eigenvalue weighted by atomic mass is 10.2. The Labute approximate surface area is 171 Å². The van der Waals surface area contributed by atoms with E-state index in [4.69, 9.17) is 5.73 Å². The molecule has 0 radical (unpaired) electrons. The highest BCUT2D eigenvalue weighted by molar-refractivity contribution is 8.00. The molecule has 0 fully saturated rings. The molecule has 0 aliphatic heterocycles. The highest BCUT2D eigenvalue weighted by Gasteiger charge is 2.19. The van der Waals surface area contributed by atoms with Crippen molar-refractivity contribution < 1.29 is 19.3 Å². The minimum atomic E-state index is -0.778. The van der Waals surface area contributed by atoms with Crippen LogP contribution in [0.3, 0.4) is 0 Å². The smallest absolute Gasteiger partial charge is 0.283 e. The van der Waals surface area contributed by atoms with Crippen molar-refractivity contribution in [3.8, 4) is 0 Å². The maximum Gasteiger partial charge on any atom is 0.283 e. The van der Waals surface area contributed by atoms with Crippen molar-refractivity contribution in [2.24, 2.45) is 5.73 Å². The Balaban J connectivity index is 1.94. The first-order chi connectivity index (χ1) is 13.7. The molecular weight excluding hydrogens is 396 g/mol. The van der Waals surface area contributed by atoms with Gasteiger partial charge in [0.25, 0.3) is 5.69 Å². The number of nitrogens with two attached hydrogens (primary N) is 1.